The van der Waals surface area contributed by atoms with Crippen molar-refractivity contribution in [2.24, 2.45) is 0 Å². The summed E-state index contributed by atoms with van der Waals surface area (Å²) in [5, 5.41) is 0. The second-order valence-electron chi connectivity index (χ2n) is 5.13. The van der Waals surface area contributed by atoms with Gasteiger partial charge in [-0.15, -0.1) is 0 Å². The van der Waals surface area contributed by atoms with Crippen molar-refractivity contribution in [3.05, 3.63) is 59.9 Å². The second kappa shape index (κ2) is 6.94. The van der Waals surface area contributed by atoms with Crippen molar-refractivity contribution < 1.29 is 27.1 Å². The van der Waals surface area contributed by atoms with Gasteiger partial charge in [0.25, 0.3) is 15.9 Å². The standard InChI is InChI=1S/C17H14FNO5S/c18-14-4-2-1-3-12(14)5-8-17(20)19-25(21,22)13-6-7-15-16(11-13)24-10-9-23-15/h1-8,11H,9-10H2,(H,19,20)/b8-5+. The van der Waals surface area contributed by atoms with Crippen LogP contribution in [-0.4, -0.2) is 27.5 Å². The number of nitrogens with one attached hydrogen (secondary N) is 1. The first-order valence-corrected chi connectivity index (χ1v) is 8.83. The van der Waals surface area contributed by atoms with Crippen LogP contribution in [0.5, 0.6) is 11.5 Å². The normalized spacial score (nSPS) is 13.6. The molecule has 0 aromatic heterocycles. The van der Waals surface area contributed by atoms with E-state index in [2.05, 4.69) is 0 Å². The van der Waals surface area contributed by atoms with Crippen LogP contribution < -0.4 is 14.2 Å². The zero-order valence-corrected chi connectivity index (χ0v) is 13.8. The van der Waals surface area contributed by atoms with Crippen molar-refractivity contribution >= 4 is 22.0 Å². The van der Waals surface area contributed by atoms with E-state index in [1.165, 1.54) is 42.5 Å². The summed E-state index contributed by atoms with van der Waals surface area (Å²) in [5.74, 6) is -0.668. The Morgan fingerprint density at radius 1 is 1.08 bits per heavy atom. The van der Waals surface area contributed by atoms with Crippen molar-refractivity contribution in [2.45, 2.75) is 4.90 Å². The highest BCUT2D eigenvalue weighted by Gasteiger charge is 2.20. The lowest BCUT2D eigenvalue weighted by atomic mass is 10.2. The van der Waals surface area contributed by atoms with E-state index in [1.807, 2.05) is 4.72 Å². The average molecular weight is 363 g/mol. The number of sulfonamides is 1. The van der Waals surface area contributed by atoms with Gasteiger partial charge in [-0.3, -0.25) is 4.79 Å². The third-order valence-corrected chi connectivity index (χ3v) is 4.72. The molecule has 2 aromatic carbocycles. The first kappa shape index (κ1) is 17.0. The van der Waals surface area contributed by atoms with E-state index in [4.69, 9.17) is 9.47 Å². The first-order valence-electron chi connectivity index (χ1n) is 7.35. The Morgan fingerprint density at radius 3 is 2.56 bits per heavy atom. The summed E-state index contributed by atoms with van der Waals surface area (Å²) in [4.78, 5) is 11.7. The monoisotopic (exact) mass is 363 g/mol. The van der Waals surface area contributed by atoms with Gasteiger partial charge in [0.1, 0.15) is 19.0 Å². The molecule has 0 bridgehead atoms. The largest absolute Gasteiger partial charge is 0.486 e. The Balaban J connectivity index is 1.75. The van der Waals surface area contributed by atoms with E-state index in [1.54, 1.807) is 6.07 Å². The van der Waals surface area contributed by atoms with E-state index in [-0.39, 0.29) is 10.5 Å². The molecular weight excluding hydrogens is 349 g/mol. The molecule has 25 heavy (non-hydrogen) atoms. The van der Waals surface area contributed by atoms with Crippen molar-refractivity contribution in [1.29, 1.82) is 0 Å². The minimum absolute atomic E-state index is 0.135. The Hall–Kier alpha value is -2.87. The Labute approximate surface area is 143 Å². The molecule has 0 spiro atoms. The molecule has 2 aromatic rings. The number of carbonyl (C=O) groups is 1. The molecule has 0 unspecified atom stereocenters. The molecule has 130 valence electrons. The molecule has 0 saturated carbocycles. The topological polar surface area (TPSA) is 81.7 Å². The summed E-state index contributed by atoms with van der Waals surface area (Å²) < 4.78 is 50.6. The van der Waals surface area contributed by atoms with Crippen LogP contribution in [0.2, 0.25) is 0 Å². The van der Waals surface area contributed by atoms with Crippen molar-refractivity contribution in [1.82, 2.24) is 4.72 Å². The van der Waals surface area contributed by atoms with E-state index >= 15 is 0 Å². The summed E-state index contributed by atoms with van der Waals surface area (Å²) in [6.07, 6.45) is 2.15. The molecule has 1 aliphatic rings. The van der Waals surface area contributed by atoms with Gasteiger partial charge in [0.15, 0.2) is 11.5 Å². The van der Waals surface area contributed by atoms with E-state index < -0.39 is 21.7 Å². The zero-order valence-electron chi connectivity index (χ0n) is 12.9. The number of rotatable bonds is 4. The fourth-order valence-electron chi connectivity index (χ4n) is 2.19. The van der Waals surface area contributed by atoms with Gasteiger partial charge >= 0.3 is 0 Å². The summed E-state index contributed by atoms with van der Waals surface area (Å²) in [6.45, 7) is 0.699. The number of ether oxygens (including phenoxy) is 2. The minimum atomic E-state index is -4.09. The maximum Gasteiger partial charge on any atom is 0.264 e. The summed E-state index contributed by atoms with van der Waals surface area (Å²) >= 11 is 0. The highest BCUT2D eigenvalue weighted by molar-refractivity contribution is 7.90. The van der Waals surface area contributed by atoms with E-state index in [0.717, 1.165) is 6.08 Å². The maximum absolute atomic E-state index is 13.5. The lowest BCUT2D eigenvalue weighted by Crippen LogP contribution is -2.29. The van der Waals surface area contributed by atoms with Crippen molar-refractivity contribution in [2.75, 3.05) is 13.2 Å². The van der Waals surface area contributed by atoms with Gasteiger partial charge in [-0.25, -0.2) is 17.5 Å². The van der Waals surface area contributed by atoms with Crippen LogP contribution in [0.4, 0.5) is 4.39 Å². The zero-order chi connectivity index (χ0) is 17.9. The number of amides is 1. The SMILES string of the molecule is O=C(/C=C/c1ccccc1F)NS(=O)(=O)c1ccc2c(c1)OCCO2. The average Bonchev–Trinajstić information content (AvgIpc) is 2.60. The molecule has 0 atom stereocenters. The molecule has 1 aliphatic heterocycles. The minimum Gasteiger partial charge on any atom is -0.486 e. The smallest absolute Gasteiger partial charge is 0.264 e. The Morgan fingerprint density at radius 2 is 1.80 bits per heavy atom. The molecular formula is C17H14FNO5S. The van der Waals surface area contributed by atoms with Crippen molar-refractivity contribution in [3.8, 4) is 11.5 Å². The number of carbonyl (C=O) groups excluding carboxylic acids is 1. The number of fused-ring (bicyclic) bond motifs is 1. The van der Waals surface area contributed by atoms with Crippen LogP contribution in [0.3, 0.4) is 0 Å². The lowest BCUT2D eigenvalue weighted by Gasteiger charge is -2.18. The van der Waals surface area contributed by atoms with Crippen LogP contribution in [0, 0.1) is 5.82 Å². The third kappa shape index (κ3) is 3.97. The molecule has 0 radical (unpaired) electrons. The maximum atomic E-state index is 13.5. The Bertz CT molecular complexity index is 940. The second-order valence-corrected chi connectivity index (χ2v) is 6.81. The fraction of sp³-hybridized carbons (Fsp3) is 0.118. The van der Waals surface area contributed by atoms with Gasteiger partial charge in [0, 0.05) is 17.7 Å². The predicted octanol–water partition coefficient (Wildman–Crippen LogP) is 2.12. The number of halogens is 1. The Kier molecular flexibility index (Phi) is 4.71. The third-order valence-electron chi connectivity index (χ3n) is 3.38. The molecule has 6 nitrogen and oxygen atoms in total. The summed E-state index contributed by atoms with van der Waals surface area (Å²) in [5.41, 5.74) is 0.175. The molecule has 1 N–H and O–H groups in total. The molecule has 0 fully saturated rings. The summed E-state index contributed by atoms with van der Waals surface area (Å²) in [7, 11) is -4.09. The molecule has 3 rings (SSSR count). The van der Waals surface area contributed by atoms with Crippen LogP contribution in [0.25, 0.3) is 6.08 Å². The molecule has 0 aliphatic carbocycles. The van der Waals surface area contributed by atoms with Crippen LogP contribution >= 0.6 is 0 Å². The quantitative estimate of drug-likeness (QED) is 0.842. The van der Waals surface area contributed by atoms with Gasteiger partial charge in [-0.1, -0.05) is 18.2 Å². The molecule has 1 heterocycles. The van der Waals surface area contributed by atoms with Crippen LogP contribution in [-0.2, 0) is 14.8 Å². The highest BCUT2D eigenvalue weighted by Crippen LogP contribution is 2.32. The van der Waals surface area contributed by atoms with Gasteiger partial charge in [-0.2, -0.15) is 0 Å². The molecule has 1 amide bonds. The van der Waals surface area contributed by atoms with Crippen LogP contribution in [0.1, 0.15) is 5.56 Å². The predicted molar refractivity (Wildman–Crippen MR) is 88.2 cm³/mol. The number of hydrogen-bond donors (Lipinski definition) is 1. The summed E-state index contributed by atoms with van der Waals surface area (Å²) in [6, 6.07) is 9.88. The number of benzene rings is 2. The van der Waals surface area contributed by atoms with Crippen LogP contribution in [0.15, 0.2) is 53.4 Å². The van der Waals surface area contributed by atoms with Crippen molar-refractivity contribution in [3.63, 3.8) is 0 Å². The van der Waals surface area contributed by atoms with Gasteiger partial charge < -0.3 is 9.47 Å². The lowest BCUT2D eigenvalue weighted by molar-refractivity contribution is -0.114. The molecule has 8 heteroatoms. The molecule has 0 saturated heterocycles. The first-order chi connectivity index (χ1) is 12.0. The van der Waals surface area contributed by atoms with E-state index in [9.17, 15) is 17.6 Å². The number of hydrogen-bond acceptors (Lipinski definition) is 5. The van der Waals surface area contributed by atoms with Gasteiger partial charge in [0.05, 0.1) is 4.90 Å². The highest BCUT2D eigenvalue weighted by atomic mass is 32.2. The van der Waals surface area contributed by atoms with Gasteiger partial charge in [-0.05, 0) is 24.3 Å². The van der Waals surface area contributed by atoms with E-state index in [0.29, 0.717) is 24.7 Å². The fourth-order valence-corrected chi connectivity index (χ4v) is 3.15. The van der Waals surface area contributed by atoms with Gasteiger partial charge in [0.2, 0.25) is 0 Å².